The van der Waals surface area contributed by atoms with Crippen molar-refractivity contribution in [2.45, 2.75) is 6.61 Å². The average Bonchev–Trinajstić information content (AvgIpc) is 2.42. The van der Waals surface area contributed by atoms with Crippen LogP contribution < -0.4 is 10.1 Å². The molecule has 0 saturated carbocycles. The van der Waals surface area contributed by atoms with E-state index in [1.165, 1.54) is 18.3 Å². The quantitative estimate of drug-likeness (QED) is 0.901. The maximum Gasteiger partial charge on any atom is 0.387 e. The molecule has 1 aromatic carbocycles. The third-order valence-corrected chi connectivity index (χ3v) is 2.83. The van der Waals surface area contributed by atoms with Gasteiger partial charge in [0.2, 0.25) is 0 Å². The second-order valence-electron chi connectivity index (χ2n) is 3.84. The van der Waals surface area contributed by atoms with Gasteiger partial charge in [-0.25, -0.2) is 9.37 Å². The number of nitrogens with one attached hydrogen (secondary N) is 1. The number of ether oxygens (including phenoxy) is 1. The molecule has 0 saturated heterocycles. The van der Waals surface area contributed by atoms with E-state index in [0.29, 0.717) is 4.47 Å². The smallest absolute Gasteiger partial charge is 0.387 e. The van der Waals surface area contributed by atoms with Crippen LogP contribution in [0.1, 0.15) is 10.5 Å². The van der Waals surface area contributed by atoms with E-state index in [4.69, 9.17) is 0 Å². The number of alkyl halides is 2. The molecule has 1 N–H and O–H groups in total. The predicted octanol–water partition coefficient (Wildman–Crippen LogP) is 3.84. The average molecular weight is 361 g/mol. The topological polar surface area (TPSA) is 51.2 Å². The third-order valence-electron chi connectivity index (χ3n) is 2.37. The van der Waals surface area contributed by atoms with E-state index in [1.807, 2.05) is 0 Å². The molecule has 110 valence electrons. The molecule has 0 spiro atoms. The lowest BCUT2D eigenvalue weighted by Gasteiger charge is -2.08. The lowest BCUT2D eigenvalue weighted by atomic mass is 10.2. The Morgan fingerprint density at radius 1 is 1.29 bits per heavy atom. The van der Waals surface area contributed by atoms with Crippen molar-refractivity contribution in [2.24, 2.45) is 0 Å². The van der Waals surface area contributed by atoms with E-state index in [1.54, 1.807) is 6.07 Å². The Morgan fingerprint density at radius 3 is 2.62 bits per heavy atom. The number of hydrogen-bond donors (Lipinski definition) is 1. The van der Waals surface area contributed by atoms with Crippen molar-refractivity contribution in [1.29, 1.82) is 0 Å². The lowest BCUT2D eigenvalue weighted by Crippen LogP contribution is -2.13. The summed E-state index contributed by atoms with van der Waals surface area (Å²) in [5, 5.41) is 2.40. The standard InChI is InChI=1S/C13H8BrF3N2O2/c14-7-1-3-10(18-6-7)12(20)19-8-2-4-11(9(15)5-8)21-13(16)17/h1-6,13H,(H,19,20). The molecule has 0 radical (unpaired) electrons. The van der Waals surface area contributed by atoms with Gasteiger partial charge < -0.3 is 10.1 Å². The van der Waals surface area contributed by atoms with Crippen LogP contribution >= 0.6 is 15.9 Å². The van der Waals surface area contributed by atoms with Crippen LogP contribution in [0.5, 0.6) is 5.75 Å². The molecule has 4 nitrogen and oxygen atoms in total. The maximum absolute atomic E-state index is 13.5. The Balaban J connectivity index is 2.11. The zero-order chi connectivity index (χ0) is 15.4. The van der Waals surface area contributed by atoms with Gasteiger partial charge in [0.15, 0.2) is 11.6 Å². The van der Waals surface area contributed by atoms with Crippen molar-refractivity contribution >= 4 is 27.5 Å². The fraction of sp³-hybridized carbons (Fsp3) is 0.0769. The number of nitrogens with zero attached hydrogens (tertiary/aromatic N) is 1. The van der Waals surface area contributed by atoms with Gasteiger partial charge in [-0.3, -0.25) is 4.79 Å². The van der Waals surface area contributed by atoms with Gasteiger partial charge in [0.1, 0.15) is 5.69 Å². The minimum atomic E-state index is -3.12. The van der Waals surface area contributed by atoms with Crippen LogP contribution in [0, 0.1) is 5.82 Å². The van der Waals surface area contributed by atoms with Gasteiger partial charge in [-0.05, 0) is 40.2 Å². The van der Waals surface area contributed by atoms with Gasteiger partial charge >= 0.3 is 6.61 Å². The highest BCUT2D eigenvalue weighted by Crippen LogP contribution is 2.23. The maximum atomic E-state index is 13.5. The number of benzene rings is 1. The SMILES string of the molecule is O=C(Nc1ccc(OC(F)F)c(F)c1)c1ccc(Br)cn1. The summed E-state index contributed by atoms with van der Waals surface area (Å²) in [6.07, 6.45) is 1.44. The Labute approximate surface area is 126 Å². The summed E-state index contributed by atoms with van der Waals surface area (Å²) in [5.41, 5.74) is 0.232. The Morgan fingerprint density at radius 2 is 2.05 bits per heavy atom. The van der Waals surface area contributed by atoms with E-state index in [2.05, 4.69) is 31.0 Å². The second kappa shape index (κ2) is 6.57. The second-order valence-corrected chi connectivity index (χ2v) is 4.76. The number of amides is 1. The molecule has 0 aliphatic carbocycles. The van der Waals surface area contributed by atoms with Crippen molar-refractivity contribution in [3.8, 4) is 5.75 Å². The number of halogens is 4. The minimum Gasteiger partial charge on any atom is -0.432 e. The van der Waals surface area contributed by atoms with E-state index in [9.17, 15) is 18.0 Å². The van der Waals surface area contributed by atoms with E-state index >= 15 is 0 Å². The van der Waals surface area contributed by atoms with Crippen LogP contribution in [-0.2, 0) is 0 Å². The van der Waals surface area contributed by atoms with Gasteiger partial charge in [0.05, 0.1) is 0 Å². The molecule has 8 heteroatoms. The summed E-state index contributed by atoms with van der Waals surface area (Å²) in [6, 6.07) is 6.24. The molecule has 2 aromatic rings. The molecule has 0 bridgehead atoms. The number of hydrogen-bond acceptors (Lipinski definition) is 3. The van der Waals surface area contributed by atoms with Crippen molar-refractivity contribution < 1.29 is 22.7 Å². The molecule has 0 aliphatic rings. The van der Waals surface area contributed by atoms with E-state index in [0.717, 1.165) is 12.1 Å². The van der Waals surface area contributed by atoms with Crippen molar-refractivity contribution in [1.82, 2.24) is 4.98 Å². The highest BCUT2D eigenvalue weighted by Gasteiger charge is 2.12. The molecular weight excluding hydrogens is 353 g/mol. The first-order valence-corrected chi connectivity index (χ1v) is 6.42. The monoisotopic (exact) mass is 360 g/mol. The first-order chi connectivity index (χ1) is 9.95. The number of pyridine rings is 1. The molecule has 1 aromatic heterocycles. The molecule has 0 aliphatic heterocycles. The first-order valence-electron chi connectivity index (χ1n) is 5.63. The summed E-state index contributed by atoms with van der Waals surface area (Å²) in [7, 11) is 0. The summed E-state index contributed by atoms with van der Waals surface area (Å²) in [4.78, 5) is 15.7. The van der Waals surface area contributed by atoms with Crippen LogP contribution in [0.15, 0.2) is 41.0 Å². The molecule has 1 heterocycles. The molecule has 21 heavy (non-hydrogen) atoms. The zero-order valence-electron chi connectivity index (χ0n) is 10.3. The molecule has 0 atom stereocenters. The molecular formula is C13H8BrF3N2O2. The van der Waals surface area contributed by atoms with Gasteiger partial charge in [-0.1, -0.05) is 0 Å². The van der Waals surface area contributed by atoms with E-state index < -0.39 is 24.1 Å². The number of carbonyl (C=O) groups is 1. The Hall–Kier alpha value is -2.09. The van der Waals surface area contributed by atoms with Crippen molar-refractivity contribution in [2.75, 3.05) is 5.32 Å². The van der Waals surface area contributed by atoms with Crippen LogP contribution in [0.25, 0.3) is 0 Å². The predicted molar refractivity (Wildman–Crippen MR) is 72.9 cm³/mol. The molecule has 1 amide bonds. The zero-order valence-corrected chi connectivity index (χ0v) is 11.9. The van der Waals surface area contributed by atoms with Gasteiger partial charge in [-0.2, -0.15) is 8.78 Å². The third kappa shape index (κ3) is 4.19. The molecule has 0 fully saturated rings. The highest BCUT2D eigenvalue weighted by molar-refractivity contribution is 9.10. The minimum absolute atomic E-state index is 0.101. The highest BCUT2D eigenvalue weighted by atomic mass is 79.9. The fourth-order valence-corrected chi connectivity index (χ4v) is 1.71. The van der Waals surface area contributed by atoms with Crippen LogP contribution in [-0.4, -0.2) is 17.5 Å². The van der Waals surface area contributed by atoms with Crippen LogP contribution in [0.3, 0.4) is 0 Å². The summed E-state index contributed by atoms with van der Waals surface area (Å²) < 4.78 is 42.1. The van der Waals surface area contributed by atoms with Crippen LogP contribution in [0.2, 0.25) is 0 Å². The first kappa shape index (κ1) is 15.3. The largest absolute Gasteiger partial charge is 0.432 e. The Kier molecular flexibility index (Phi) is 4.79. The molecule has 0 unspecified atom stereocenters. The normalized spacial score (nSPS) is 10.5. The van der Waals surface area contributed by atoms with E-state index in [-0.39, 0.29) is 11.4 Å². The van der Waals surface area contributed by atoms with Gasteiger partial charge in [-0.15, -0.1) is 0 Å². The lowest BCUT2D eigenvalue weighted by molar-refractivity contribution is -0.0521. The van der Waals surface area contributed by atoms with Gasteiger partial charge in [0, 0.05) is 22.4 Å². The number of anilines is 1. The Bertz CT molecular complexity index is 650. The summed E-state index contributed by atoms with van der Waals surface area (Å²) in [6.45, 7) is -3.12. The van der Waals surface area contributed by atoms with Gasteiger partial charge in [0.25, 0.3) is 5.91 Å². The van der Waals surface area contributed by atoms with Crippen molar-refractivity contribution in [3.05, 3.63) is 52.5 Å². The fourth-order valence-electron chi connectivity index (χ4n) is 1.48. The van der Waals surface area contributed by atoms with Crippen molar-refractivity contribution in [3.63, 3.8) is 0 Å². The molecule has 2 rings (SSSR count). The number of aromatic nitrogens is 1. The summed E-state index contributed by atoms with van der Waals surface area (Å²) >= 11 is 3.18. The number of rotatable bonds is 4. The summed E-state index contributed by atoms with van der Waals surface area (Å²) in [5.74, 6) is -2.15. The van der Waals surface area contributed by atoms with Crippen LogP contribution in [0.4, 0.5) is 18.9 Å². The number of carbonyl (C=O) groups excluding carboxylic acids is 1.